The molecule has 9 heteroatoms. The maximum absolute atomic E-state index is 12.6. The fraction of sp³-hybridized carbons (Fsp3) is 0.375. The predicted octanol–water partition coefficient (Wildman–Crippen LogP) is 2.57. The third-order valence-electron chi connectivity index (χ3n) is 4.08. The summed E-state index contributed by atoms with van der Waals surface area (Å²) in [5.41, 5.74) is 1.25. The lowest BCUT2D eigenvalue weighted by molar-refractivity contribution is 0.0693. The molecule has 0 radical (unpaired) electrons. The Morgan fingerprint density at radius 3 is 2.64 bits per heavy atom. The van der Waals surface area contributed by atoms with Gasteiger partial charge in [0.25, 0.3) is 5.91 Å². The summed E-state index contributed by atoms with van der Waals surface area (Å²) in [7, 11) is -3.20. The summed E-state index contributed by atoms with van der Waals surface area (Å²) in [6.07, 6.45) is 0. The predicted molar refractivity (Wildman–Crippen MR) is 99.5 cm³/mol. The van der Waals surface area contributed by atoms with Gasteiger partial charge in [-0.15, -0.1) is 11.3 Å². The molecule has 1 saturated heterocycles. The number of aromatic nitrogens is 1. The van der Waals surface area contributed by atoms with Crippen LogP contribution in [0.15, 0.2) is 29.6 Å². The average Bonchev–Trinajstić information content (AvgIpc) is 3.11. The Morgan fingerprint density at radius 2 is 2.00 bits per heavy atom. The van der Waals surface area contributed by atoms with Gasteiger partial charge < -0.3 is 4.90 Å². The molecule has 1 aromatic carbocycles. The molecule has 1 fully saturated rings. The average molecular weight is 400 g/mol. The van der Waals surface area contributed by atoms with Gasteiger partial charge in [-0.2, -0.15) is 4.31 Å². The molecule has 0 atom stereocenters. The van der Waals surface area contributed by atoms with Crippen LogP contribution in [0.1, 0.15) is 17.4 Å². The molecule has 1 aliphatic rings. The second-order valence-electron chi connectivity index (χ2n) is 5.64. The van der Waals surface area contributed by atoms with Crippen LogP contribution in [0.4, 0.5) is 0 Å². The molecule has 1 aliphatic heterocycles. The number of halogens is 1. The first-order valence-electron chi connectivity index (χ1n) is 7.89. The van der Waals surface area contributed by atoms with E-state index >= 15 is 0 Å². The van der Waals surface area contributed by atoms with Gasteiger partial charge >= 0.3 is 0 Å². The molecule has 25 heavy (non-hydrogen) atoms. The van der Waals surface area contributed by atoms with Gasteiger partial charge in [0.15, 0.2) is 0 Å². The number of amides is 1. The second kappa shape index (κ2) is 7.41. The SMILES string of the molecule is CCS(=O)(=O)N1CCN(C(=O)c2csc(-c3cccc(Cl)c3)n2)CC1. The molecule has 0 unspecified atom stereocenters. The van der Waals surface area contributed by atoms with E-state index in [0.717, 1.165) is 10.6 Å². The van der Waals surface area contributed by atoms with E-state index in [1.165, 1.54) is 15.6 Å². The number of nitrogens with zero attached hydrogens (tertiary/aromatic N) is 3. The highest BCUT2D eigenvalue weighted by Gasteiger charge is 2.29. The molecule has 2 aromatic rings. The highest BCUT2D eigenvalue weighted by Crippen LogP contribution is 2.26. The zero-order chi connectivity index (χ0) is 18.0. The summed E-state index contributed by atoms with van der Waals surface area (Å²) in [4.78, 5) is 18.7. The van der Waals surface area contributed by atoms with Crippen LogP contribution in [0.25, 0.3) is 10.6 Å². The van der Waals surface area contributed by atoms with Crippen molar-refractivity contribution in [2.75, 3.05) is 31.9 Å². The molecule has 1 amide bonds. The fourth-order valence-corrected chi connectivity index (χ4v) is 4.71. The molecule has 0 aliphatic carbocycles. The minimum atomic E-state index is -3.20. The Hall–Kier alpha value is -1.48. The molecule has 0 spiro atoms. The van der Waals surface area contributed by atoms with E-state index in [-0.39, 0.29) is 11.7 Å². The second-order valence-corrected chi connectivity index (χ2v) is 9.19. The third kappa shape index (κ3) is 4.03. The van der Waals surface area contributed by atoms with Gasteiger partial charge in [-0.25, -0.2) is 13.4 Å². The van der Waals surface area contributed by atoms with Crippen LogP contribution < -0.4 is 0 Å². The number of sulfonamides is 1. The van der Waals surface area contributed by atoms with E-state index in [1.54, 1.807) is 23.3 Å². The quantitative estimate of drug-likeness (QED) is 0.792. The number of rotatable bonds is 4. The number of hydrogen-bond donors (Lipinski definition) is 0. The molecule has 1 aromatic heterocycles. The molecular formula is C16H18ClN3O3S2. The van der Waals surface area contributed by atoms with Crippen LogP contribution in [0.5, 0.6) is 0 Å². The summed E-state index contributed by atoms with van der Waals surface area (Å²) in [6, 6.07) is 7.33. The van der Waals surface area contributed by atoms with E-state index in [4.69, 9.17) is 11.6 Å². The molecule has 3 rings (SSSR count). The monoisotopic (exact) mass is 399 g/mol. The molecule has 0 bridgehead atoms. The molecule has 134 valence electrons. The topological polar surface area (TPSA) is 70.6 Å². The standard InChI is InChI=1S/C16H18ClN3O3S2/c1-2-25(22,23)20-8-6-19(7-9-20)16(21)14-11-24-15(18-14)12-4-3-5-13(17)10-12/h3-5,10-11H,2,6-9H2,1H3. The van der Waals surface area contributed by atoms with Gasteiger partial charge in [-0.05, 0) is 19.1 Å². The van der Waals surface area contributed by atoms with E-state index in [9.17, 15) is 13.2 Å². The Kier molecular flexibility index (Phi) is 5.43. The van der Waals surface area contributed by atoms with E-state index in [2.05, 4.69) is 4.98 Å². The Morgan fingerprint density at radius 1 is 1.28 bits per heavy atom. The lowest BCUT2D eigenvalue weighted by atomic mass is 10.2. The molecule has 6 nitrogen and oxygen atoms in total. The largest absolute Gasteiger partial charge is 0.335 e. The highest BCUT2D eigenvalue weighted by molar-refractivity contribution is 7.89. The van der Waals surface area contributed by atoms with Crippen molar-refractivity contribution in [2.24, 2.45) is 0 Å². The number of carbonyl (C=O) groups is 1. The molecule has 2 heterocycles. The van der Waals surface area contributed by atoms with Crippen LogP contribution in [0, 0.1) is 0 Å². The van der Waals surface area contributed by atoms with Crippen LogP contribution in [-0.2, 0) is 10.0 Å². The Bertz CT molecular complexity index is 874. The summed E-state index contributed by atoms with van der Waals surface area (Å²) in [6.45, 7) is 3.03. The zero-order valence-electron chi connectivity index (χ0n) is 13.7. The lowest BCUT2D eigenvalue weighted by Gasteiger charge is -2.33. The van der Waals surface area contributed by atoms with Crippen LogP contribution >= 0.6 is 22.9 Å². The number of piperazine rings is 1. The number of benzene rings is 1. The van der Waals surface area contributed by atoms with Gasteiger partial charge in [0.2, 0.25) is 10.0 Å². The van der Waals surface area contributed by atoms with Gasteiger partial charge in [0.1, 0.15) is 10.7 Å². The summed E-state index contributed by atoms with van der Waals surface area (Å²) in [5, 5.41) is 3.08. The van der Waals surface area contributed by atoms with E-state index in [1.807, 2.05) is 18.2 Å². The minimum Gasteiger partial charge on any atom is -0.335 e. The summed E-state index contributed by atoms with van der Waals surface area (Å²) in [5.74, 6) is -0.0891. The normalized spacial score (nSPS) is 16.2. The van der Waals surface area contributed by atoms with Gasteiger partial charge in [-0.1, -0.05) is 23.7 Å². The smallest absolute Gasteiger partial charge is 0.273 e. The van der Waals surface area contributed by atoms with Gasteiger partial charge in [0, 0.05) is 42.1 Å². The van der Waals surface area contributed by atoms with Gasteiger partial charge in [0.05, 0.1) is 5.75 Å². The molecular weight excluding hydrogens is 382 g/mol. The van der Waals surface area contributed by atoms with Crippen molar-refractivity contribution in [1.29, 1.82) is 0 Å². The van der Waals surface area contributed by atoms with Gasteiger partial charge in [-0.3, -0.25) is 4.79 Å². The first-order chi connectivity index (χ1) is 11.9. The van der Waals surface area contributed by atoms with Crippen molar-refractivity contribution in [2.45, 2.75) is 6.92 Å². The Labute approximate surface area is 156 Å². The van der Waals surface area contributed by atoms with Crippen molar-refractivity contribution >= 4 is 38.9 Å². The summed E-state index contributed by atoms with van der Waals surface area (Å²) < 4.78 is 25.2. The van der Waals surface area contributed by atoms with E-state index < -0.39 is 10.0 Å². The maximum atomic E-state index is 12.6. The van der Waals surface area contributed by atoms with Crippen LogP contribution in [-0.4, -0.2) is 60.4 Å². The van der Waals surface area contributed by atoms with E-state index in [0.29, 0.717) is 36.9 Å². The first-order valence-corrected chi connectivity index (χ1v) is 10.8. The summed E-state index contributed by atoms with van der Waals surface area (Å²) >= 11 is 7.38. The van der Waals surface area contributed by atoms with Crippen molar-refractivity contribution in [3.05, 3.63) is 40.4 Å². The zero-order valence-corrected chi connectivity index (χ0v) is 16.1. The minimum absolute atomic E-state index is 0.0794. The maximum Gasteiger partial charge on any atom is 0.273 e. The Balaban J connectivity index is 1.69. The number of hydrogen-bond acceptors (Lipinski definition) is 5. The van der Waals surface area contributed by atoms with Crippen molar-refractivity contribution in [1.82, 2.24) is 14.2 Å². The lowest BCUT2D eigenvalue weighted by Crippen LogP contribution is -2.50. The third-order valence-corrected chi connectivity index (χ3v) is 7.09. The van der Waals surface area contributed by atoms with Crippen molar-refractivity contribution in [3.63, 3.8) is 0 Å². The first kappa shape index (κ1) is 18.3. The molecule has 0 saturated carbocycles. The fourth-order valence-electron chi connectivity index (χ4n) is 2.64. The number of carbonyl (C=O) groups excluding carboxylic acids is 1. The van der Waals surface area contributed by atoms with Crippen LogP contribution in [0.3, 0.4) is 0 Å². The van der Waals surface area contributed by atoms with Crippen LogP contribution in [0.2, 0.25) is 5.02 Å². The molecule has 0 N–H and O–H groups in total. The highest BCUT2D eigenvalue weighted by atomic mass is 35.5. The number of thiazole rings is 1. The van der Waals surface area contributed by atoms with Crippen molar-refractivity contribution in [3.8, 4) is 10.6 Å². The van der Waals surface area contributed by atoms with Crippen molar-refractivity contribution < 1.29 is 13.2 Å².